The van der Waals surface area contributed by atoms with Gasteiger partial charge in [0.1, 0.15) is 0 Å². The molecular formula is H9CaGaNbO4Si. The van der Waals surface area contributed by atoms with Gasteiger partial charge in [-0.25, -0.2) is 0 Å². The summed E-state index contributed by atoms with van der Waals surface area (Å²) < 4.78 is 0. The first-order valence-electron chi connectivity index (χ1n) is 0.894. The molecule has 4 N–H and O–H groups in total. The molecule has 0 rings (SSSR count). The van der Waals surface area contributed by atoms with E-state index in [-0.39, 0.29) is 79.9 Å². The molecule has 0 aromatic rings. The average Bonchev–Trinajstić information content (AvgIpc) is 0.722. The van der Waals surface area contributed by atoms with Crippen LogP contribution < -0.4 is 0 Å². The van der Waals surface area contributed by atoms with Crippen molar-refractivity contribution in [1.29, 1.82) is 0 Å². The molecule has 0 fully saturated rings. The van der Waals surface area contributed by atoms with Gasteiger partial charge in [0.05, 0.1) is 0 Å². The van der Waals surface area contributed by atoms with Crippen LogP contribution in [0, 0.1) is 0 Å². The third kappa shape index (κ3) is 70.9. The summed E-state index contributed by atoms with van der Waals surface area (Å²) in [5, 5.41) is 0. The van der Waals surface area contributed by atoms with Crippen molar-refractivity contribution in [3.63, 3.8) is 0 Å². The standard InChI is InChI=1S/Ca.Ga.Nb.H4O4Si.5H/c;;;1-5(2,3)4;;;;;/h;;;1-4H;;;;;. The van der Waals surface area contributed by atoms with Crippen molar-refractivity contribution in [2.75, 3.05) is 0 Å². The van der Waals surface area contributed by atoms with Crippen molar-refractivity contribution < 1.29 is 41.6 Å². The second-order valence-electron chi connectivity index (χ2n) is 0.600. The van der Waals surface area contributed by atoms with Crippen LogP contribution in [0.5, 0.6) is 0 Å². The molecule has 1 radical (unpaired) electrons. The first-order chi connectivity index (χ1) is 2.00. The Bertz CT molecular complexity index is 31.5. The number of hydrogen-bond donors (Lipinski definition) is 4. The molecule has 8 heteroatoms. The summed E-state index contributed by atoms with van der Waals surface area (Å²) in [6.45, 7) is 0. The molecule has 0 spiro atoms. The minimum atomic E-state index is -4.61. The monoisotopic (exact) mass is 303 g/mol. The van der Waals surface area contributed by atoms with E-state index < -0.39 is 9.05 Å². The van der Waals surface area contributed by atoms with Crippen LogP contribution in [0.1, 0.15) is 0 Å². The SMILES string of the molecule is O[Si](O)(O)O.[CaH2].[GaH3].[Nb]. The minimum absolute atomic E-state index is 0. The van der Waals surface area contributed by atoms with Crippen molar-refractivity contribution in [2.24, 2.45) is 0 Å². The van der Waals surface area contributed by atoms with Gasteiger partial charge in [-0.05, 0) is 0 Å². The quantitative estimate of drug-likeness (QED) is 0.339. The molecule has 0 amide bonds. The van der Waals surface area contributed by atoms with E-state index in [0.29, 0.717) is 0 Å². The summed E-state index contributed by atoms with van der Waals surface area (Å²) in [6, 6.07) is 0. The molecule has 0 aromatic heterocycles. The molecule has 47 valence electrons. The van der Waals surface area contributed by atoms with Gasteiger partial charge in [-0.3, -0.25) is 0 Å². The number of hydrogen-bond acceptors (Lipinski definition) is 4. The van der Waals surface area contributed by atoms with Gasteiger partial charge in [-0.1, -0.05) is 0 Å². The third-order valence-corrected chi connectivity index (χ3v) is 0. The van der Waals surface area contributed by atoms with Crippen molar-refractivity contribution >= 4 is 66.6 Å². The molecule has 0 aromatic carbocycles. The Morgan fingerprint density at radius 3 is 0.875 bits per heavy atom. The summed E-state index contributed by atoms with van der Waals surface area (Å²) >= 11 is 0. The Kier molecular flexibility index (Phi) is 27.2. The van der Waals surface area contributed by atoms with Crippen LogP contribution in [-0.2, 0) is 22.4 Å². The Balaban J connectivity index is -0.0000000267. The van der Waals surface area contributed by atoms with E-state index in [1.54, 1.807) is 0 Å². The summed E-state index contributed by atoms with van der Waals surface area (Å²) in [6.07, 6.45) is 0. The Morgan fingerprint density at radius 1 is 0.875 bits per heavy atom. The fourth-order valence-electron chi connectivity index (χ4n) is 0. The van der Waals surface area contributed by atoms with Crippen LogP contribution in [0.25, 0.3) is 0 Å². The van der Waals surface area contributed by atoms with Gasteiger partial charge in [0, 0.05) is 22.4 Å². The van der Waals surface area contributed by atoms with Gasteiger partial charge in [-0.15, -0.1) is 0 Å². The molecule has 8 heavy (non-hydrogen) atoms. The van der Waals surface area contributed by atoms with Gasteiger partial charge in [0.15, 0.2) is 0 Å². The Hall–Kier alpha value is 2.69. The Labute approximate surface area is 106 Å². The van der Waals surface area contributed by atoms with Crippen LogP contribution in [0.15, 0.2) is 0 Å². The second-order valence-corrected chi connectivity index (χ2v) is 1.80. The van der Waals surface area contributed by atoms with Gasteiger partial charge >= 0.3 is 66.6 Å². The molecule has 0 saturated carbocycles. The van der Waals surface area contributed by atoms with E-state index in [2.05, 4.69) is 0 Å². The molecule has 0 aliphatic carbocycles. The predicted molar refractivity (Wildman–Crippen MR) is 33.1 cm³/mol. The Morgan fingerprint density at radius 2 is 0.875 bits per heavy atom. The van der Waals surface area contributed by atoms with Gasteiger partial charge in [0.2, 0.25) is 0 Å². The maximum atomic E-state index is 7.33. The maximum absolute atomic E-state index is 7.33. The van der Waals surface area contributed by atoms with Crippen LogP contribution in [-0.4, -0.2) is 85.8 Å². The summed E-state index contributed by atoms with van der Waals surface area (Å²) in [5.41, 5.74) is 0. The fourth-order valence-corrected chi connectivity index (χ4v) is 0. The van der Waals surface area contributed by atoms with E-state index in [9.17, 15) is 0 Å². The zero-order chi connectivity index (χ0) is 4.50. The van der Waals surface area contributed by atoms with Crippen molar-refractivity contribution in [3.05, 3.63) is 0 Å². The van der Waals surface area contributed by atoms with E-state index in [0.717, 1.165) is 0 Å². The second kappa shape index (κ2) is 9.69. The molecule has 0 aliphatic heterocycles. The largest absolute Gasteiger partial charge is 0 e. The molecule has 0 bridgehead atoms. The van der Waals surface area contributed by atoms with E-state index in [1.807, 2.05) is 0 Å². The maximum Gasteiger partial charge on any atom is 0 e. The van der Waals surface area contributed by atoms with Crippen molar-refractivity contribution in [3.8, 4) is 0 Å². The topological polar surface area (TPSA) is 80.9 Å². The predicted octanol–water partition coefficient (Wildman–Crippen LogP) is -4.71. The van der Waals surface area contributed by atoms with E-state index >= 15 is 0 Å². The zero-order valence-corrected chi connectivity index (χ0v) is 5.93. The zero-order valence-electron chi connectivity index (χ0n) is 2.74. The van der Waals surface area contributed by atoms with Crippen LogP contribution in [0.3, 0.4) is 0 Å². The first-order valence-corrected chi connectivity index (χ1v) is 2.68. The third-order valence-electron chi connectivity index (χ3n) is 0. The molecule has 0 atom stereocenters. The van der Waals surface area contributed by atoms with Crippen molar-refractivity contribution in [1.82, 2.24) is 0 Å². The smallest absolute Gasteiger partial charge is 0 e. The van der Waals surface area contributed by atoms with Crippen LogP contribution in [0.4, 0.5) is 0 Å². The van der Waals surface area contributed by atoms with Gasteiger partial charge in [0.25, 0.3) is 0 Å². The average molecular weight is 304 g/mol. The normalized spacial score (nSPS) is 7.50. The van der Waals surface area contributed by atoms with Gasteiger partial charge in [-0.2, -0.15) is 0 Å². The van der Waals surface area contributed by atoms with Crippen molar-refractivity contribution in [2.45, 2.75) is 0 Å². The van der Waals surface area contributed by atoms with E-state index in [1.165, 1.54) is 0 Å². The first kappa shape index (κ1) is 22.4. The van der Waals surface area contributed by atoms with Gasteiger partial charge < -0.3 is 19.2 Å². The summed E-state index contributed by atoms with van der Waals surface area (Å²) in [4.78, 5) is 29.3. The van der Waals surface area contributed by atoms with Crippen LogP contribution in [0.2, 0.25) is 0 Å². The van der Waals surface area contributed by atoms with E-state index in [4.69, 9.17) is 19.2 Å². The molecular weight excluding hydrogens is 295 g/mol. The molecule has 0 unspecified atom stereocenters. The molecule has 4 nitrogen and oxygen atoms in total. The molecule has 0 aliphatic rings. The molecule has 0 saturated heterocycles. The fraction of sp³-hybridized carbons (Fsp3) is 0. The summed E-state index contributed by atoms with van der Waals surface area (Å²) in [7, 11) is -4.61. The van der Waals surface area contributed by atoms with Crippen LogP contribution >= 0.6 is 0 Å². The summed E-state index contributed by atoms with van der Waals surface area (Å²) in [5.74, 6) is 0. The minimum Gasteiger partial charge on any atom is 0 e. The molecule has 0 heterocycles. The number of rotatable bonds is 0.